The summed E-state index contributed by atoms with van der Waals surface area (Å²) >= 11 is 0. The van der Waals surface area contributed by atoms with Gasteiger partial charge in [-0.25, -0.2) is 4.79 Å². The van der Waals surface area contributed by atoms with Gasteiger partial charge < -0.3 is 14.5 Å². The second-order valence-corrected chi connectivity index (χ2v) is 6.10. The Morgan fingerprint density at radius 2 is 2.12 bits per heavy atom. The molecule has 0 unspecified atom stereocenters. The van der Waals surface area contributed by atoms with Gasteiger partial charge in [0.1, 0.15) is 11.5 Å². The monoisotopic (exact) mass is 339 g/mol. The van der Waals surface area contributed by atoms with Crippen molar-refractivity contribution in [1.82, 2.24) is 5.32 Å². The molecule has 1 atom stereocenters. The topological polar surface area (TPSA) is 68.5 Å². The van der Waals surface area contributed by atoms with E-state index in [1.54, 1.807) is 12.1 Å². The lowest BCUT2D eigenvalue weighted by molar-refractivity contribution is -0.144. The second-order valence-electron chi connectivity index (χ2n) is 6.10. The van der Waals surface area contributed by atoms with Crippen LogP contribution in [0.4, 0.5) is 0 Å². The number of carbonyl (C=O) groups excluding carboxylic acids is 2. The molecule has 1 aromatic carbocycles. The highest BCUT2D eigenvalue weighted by atomic mass is 16.5. The van der Waals surface area contributed by atoms with E-state index in [4.69, 9.17) is 9.15 Å². The Morgan fingerprint density at radius 1 is 1.28 bits per heavy atom. The zero-order valence-electron chi connectivity index (χ0n) is 14.2. The van der Waals surface area contributed by atoms with E-state index in [1.165, 1.54) is 17.7 Å². The number of hydrogen-bond acceptors (Lipinski definition) is 4. The van der Waals surface area contributed by atoms with E-state index in [0.29, 0.717) is 5.76 Å². The van der Waals surface area contributed by atoms with Crippen molar-refractivity contribution in [2.45, 2.75) is 32.2 Å². The summed E-state index contributed by atoms with van der Waals surface area (Å²) in [5, 5.41) is 2.95. The number of amides is 1. The first-order chi connectivity index (χ1) is 12.1. The average molecular weight is 339 g/mol. The molecule has 5 heteroatoms. The highest BCUT2D eigenvalue weighted by molar-refractivity contribution is 5.89. The largest absolute Gasteiger partial charge is 0.462 e. The number of ether oxygens (including phenoxy) is 1. The van der Waals surface area contributed by atoms with Crippen LogP contribution >= 0.6 is 0 Å². The van der Waals surface area contributed by atoms with Crippen molar-refractivity contribution >= 4 is 18.0 Å². The molecule has 0 spiro atoms. The zero-order valence-corrected chi connectivity index (χ0v) is 14.2. The fraction of sp³-hybridized carbons (Fsp3) is 0.300. The molecule has 0 saturated carbocycles. The van der Waals surface area contributed by atoms with Crippen molar-refractivity contribution in [3.05, 3.63) is 65.1 Å². The van der Waals surface area contributed by atoms with Gasteiger partial charge in [-0.15, -0.1) is 0 Å². The Kier molecular flexibility index (Phi) is 5.33. The fourth-order valence-electron chi connectivity index (χ4n) is 3.02. The van der Waals surface area contributed by atoms with E-state index in [0.717, 1.165) is 30.6 Å². The summed E-state index contributed by atoms with van der Waals surface area (Å²) in [5.41, 5.74) is 2.43. The predicted molar refractivity (Wildman–Crippen MR) is 93.7 cm³/mol. The van der Waals surface area contributed by atoms with Crippen LogP contribution in [0.1, 0.15) is 41.5 Å². The van der Waals surface area contributed by atoms with E-state index in [1.807, 2.05) is 25.1 Å². The lowest BCUT2D eigenvalue weighted by atomic mass is 9.88. The maximum atomic E-state index is 12.1. The first kappa shape index (κ1) is 17.0. The standard InChI is InChI=1S/C20H21NO4/c1-14-9-10-16(25-14)11-12-20(23)24-13-19(22)21-18-8-4-6-15-5-2-3-7-17(15)18/h2-3,5,7,9-12,18H,4,6,8,13H2,1H3,(H,21,22)/b12-11+/t18-/m1/s1. The second kappa shape index (κ2) is 7.83. The molecule has 1 N–H and O–H groups in total. The van der Waals surface area contributed by atoms with Crippen molar-refractivity contribution in [2.75, 3.05) is 6.61 Å². The third-order valence-electron chi connectivity index (χ3n) is 4.19. The number of benzene rings is 1. The van der Waals surface area contributed by atoms with Gasteiger partial charge in [0, 0.05) is 6.08 Å². The maximum Gasteiger partial charge on any atom is 0.331 e. The highest BCUT2D eigenvalue weighted by Crippen LogP contribution is 2.29. The summed E-state index contributed by atoms with van der Waals surface area (Å²) in [4.78, 5) is 23.8. The van der Waals surface area contributed by atoms with Gasteiger partial charge in [0.15, 0.2) is 6.61 Å². The fourth-order valence-corrected chi connectivity index (χ4v) is 3.02. The molecule has 1 aromatic heterocycles. The smallest absolute Gasteiger partial charge is 0.331 e. The quantitative estimate of drug-likeness (QED) is 0.670. The molecule has 2 aromatic rings. The Hall–Kier alpha value is -2.82. The molecule has 0 aliphatic heterocycles. The summed E-state index contributed by atoms with van der Waals surface area (Å²) in [7, 11) is 0. The Labute approximate surface area is 146 Å². The van der Waals surface area contributed by atoms with Gasteiger partial charge >= 0.3 is 5.97 Å². The summed E-state index contributed by atoms with van der Waals surface area (Å²) in [5.74, 6) is 0.461. The minimum absolute atomic E-state index is 0.0159. The van der Waals surface area contributed by atoms with E-state index in [2.05, 4.69) is 11.4 Å². The van der Waals surface area contributed by atoms with Gasteiger partial charge in [0.2, 0.25) is 0 Å². The average Bonchev–Trinajstić information content (AvgIpc) is 3.04. The molecule has 0 radical (unpaired) electrons. The van der Waals surface area contributed by atoms with Crippen LogP contribution in [-0.4, -0.2) is 18.5 Å². The highest BCUT2D eigenvalue weighted by Gasteiger charge is 2.21. The minimum atomic E-state index is -0.576. The van der Waals surface area contributed by atoms with E-state index in [9.17, 15) is 9.59 Å². The summed E-state index contributed by atoms with van der Waals surface area (Å²) in [6.45, 7) is 1.53. The Balaban J connectivity index is 1.48. The molecule has 3 rings (SSSR count). The molecule has 0 saturated heterocycles. The van der Waals surface area contributed by atoms with Gasteiger partial charge in [-0.2, -0.15) is 0 Å². The van der Waals surface area contributed by atoms with Crippen LogP contribution in [0, 0.1) is 6.92 Å². The van der Waals surface area contributed by atoms with Gasteiger partial charge in [0.05, 0.1) is 6.04 Å². The number of fused-ring (bicyclic) bond motifs is 1. The van der Waals surface area contributed by atoms with Crippen LogP contribution in [0.25, 0.3) is 6.08 Å². The number of aryl methyl sites for hydroxylation is 2. The number of rotatable bonds is 5. The van der Waals surface area contributed by atoms with Crippen molar-refractivity contribution < 1.29 is 18.7 Å². The molecule has 1 aliphatic carbocycles. The number of hydrogen-bond donors (Lipinski definition) is 1. The summed E-state index contributed by atoms with van der Waals surface area (Å²) in [6, 6.07) is 11.7. The predicted octanol–water partition coefficient (Wildman–Crippen LogP) is 3.34. The maximum absolute atomic E-state index is 12.1. The molecule has 1 heterocycles. The third-order valence-corrected chi connectivity index (χ3v) is 4.19. The summed E-state index contributed by atoms with van der Waals surface area (Å²) < 4.78 is 10.3. The van der Waals surface area contributed by atoms with Gasteiger partial charge in [-0.05, 0) is 55.5 Å². The number of carbonyl (C=O) groups is 2. The molecule has 1 aliphatic rings. The zero-order chi connectivity index (χ0) is 17.6. The molecule has 0 fully saturated rings. The van der Waals surface area contributed by atoms with Crippen molar-refractivity contribution in [2.24, 2.45) is 0 Å². The van der Waals surface area contributed by atoms with Crippen molar-refractivity contribution in [3.8, 4) is 0 Å². The van der Waals surface area contributed by atoms with E-state index in [-0.39, 0.29) is 18.6 Å². The molecule has 5 nitrogen and oxygen atoms in total. The first-order valence-corrected chi connectivity index (χ1v) is 8.40. The molecule has 130 valence electrons. The normalized spacial score (nSPS) is 16.4. The third kappa shape index (κ3) is 4.59. The number of furan rings is 1. The minimum Gasteiger partial charge on any atom is -0.462 e. The first-order valence-electron chi connectivity index (χ1n) is 8.40. The molecular weight excluding hydrogens is 318 g/mol. The molecular formula is C20H21NO4. The van der Waals surface area contributed by atoms with E-state index >= 15 is 0 Å². The van der Waals surface area contributed by atoms with Crippen molar-refractivity contribution in [3.63, 3.8) is 0 Å². The van der Waals surface area contributed by atoms with Crippen LogP contribution in [0.3, 0.4) is 0 Å². The SMILES string of the molecule is Cc1ccc(/C=C/C(=O)OCC(=O)N[C@@H]2CCCc3ccccc32)o1. The molecule has 25 heavy (non-hydrogen) atoms. The van der Waals surface area contributed by atoms with Crippen LogP contribution in [0.5, 0.6) is 0 Å². The number of nitrogens with one attached hydrogen (secondary N) is 1. The van der Waals surface area contributed by atoms with Gasteiger partial charge in [-0.3, -0.25) is 4.79 Å². The number of esters is 1. The lowest BCUT2D eigenvalue weighted by Crippen LogP contribution is -2.34. The lowest BCUT2D eigenvalue weighted by Gasteiger charge is -2.26. The molecule has 1 amide bonds. The Bertz CT molecular complexity index is 790. The molecule has 0 bridgehead atoms. The summed E-state index contributed by atoms with van der Waals surface area (Å²) in [6.07, 6.45) is 5.74. The Morgan fingerprint density at radius 3 is 2.92 bits per heavy atom. The van der Waals surface area contributed by atoms with Crippen LogP contribution in [0.15, 0.2) is 46.9 Å². The van der Waals surface area contributed by atoms with E-state index < -0.39 is 5.97 Å². The van der Waals surface area contributed by atoms with Crippen LogP contribution in [0.2, 0.25) is 0 Å². The van der Waals surface area contributed by atoms with Gasteiger partial charge in [0.25, 0.3) is 5.91 Å². The van der Waals surface area contributed by atoms with Gasteiger partial charge in [-0.1, -0.05) is 24.3 Å². The van der Waals surface area contributed by atoms with Crippen LogP contribution in [-0.2, 0) is 20.7 Å². The van der Waals surface area contributed by atoms with Crippen LogP contribution < -0.4 is 5.32 Å². The van der Waals surface area contributed by atoms with Crippen molar-refractivity contribution in [1.29, 1.82) is 0 Å².